The zero-order valence-corrected chi connectivity index (χ0v) is 10.6. The fourth-order valence-corrected chi connectivity index (χ4v) is 3.38. The SMILES string of the molecule is CCCNC(C)C1C(C)CCC1(C)C. The fourth-order valence-electron chi connectivity index (χ4n) is 3.38. The van der Waals surface area contributed by atoms with Crippen LogP contribution in [0.1, 0.15) is 53.9 Å². The molecule has 3 unspecified atom stereocenters. The second-order valence-corrected chi connectivity index (χ2v) is 5.77. The summed E-state index contributed by atoms with van der Waals surface area (Å²) in [7, 11) is 0. The maximum Gasteiger partial charge on any atom is 0.00746 e. The first-order chi connectivity index (χ1) is 6.49. The van der Waals surface area contributed by atoms with Crippen LogP contribution >= 0.6 is 0 Å². The molecule has 0 aromatic heterocycles. The van der Waals surface area contributed by atoms with E-state index in [9.17, 15) is 0 Å². The van der Waals surface area contributed by atoms with Crippen molar-refractivity contribution in [3.8, 4) is 0 Å². The molecule has 0 radical (unpaired) electrons. The van der Waals surface area contributed by atoms with Gasteiger partial charge < -0.3 is 5.32 Å². The van der Waals surface area contributed by atoms with E-state index in [0.717, 1.165) is 11.8 Å². The van der Waals surface area contributed by atoms with Crippen LogP contribution in [0.5, 0.6) is 0 Å². The Kier molecular flexibility index (Phi) is 4.00. The van der Waals surface area contributed by atoms with E-state index < -0.39 is 0 Å². The highest BCUT2D eigenvalue weighted by Crippen LogP contribution is 2.47. The number of rotatable bonds is 4. The van der Waals surface area contributed by atoms with Crippen LogP contribution in [0.3, 0.4) is 0 Å². The third-order valence-corrected chi connectivity index (χ3v) is 4.01. The highest BCUT2D eigenvalue weighted by atomic mass is 14.9. The Bertz CT molecular complexity index is 174. The Morgan fingerprint density at radius 1 is 1.43 bits per heavy atom. The normalized spacial score (nSPS) is 33.2. The summed E-state index contributed by atoms with van der Waals surface area (Å²) in [6.45, 7) is 13.1. The van der Waals surface area contributed by atoms with Gasteiger partial charge >= 0.3 is 0 Å². The summed E-state index contributed by atoms with van der Waals surface area (Å²) < 4.78 is 0. The van der Waals surface area contributed by atoms with Crippen LogP contribution in [-0.4, -0.2) is 12.6 Å². The van der Waals surface area contributed by atoms with Crippen molar-refractivity contribution >= 4 is 0 Å². The van der Waals surface area contributed by atoms with Crippen LogP contribution in [-0.2, 0) is 0 Å². The minimum Gasteiger partial charge on any atom is -0.314 e. The van der Waals surface area contributed by atoms with E-state index in [1.165, 1.54) is 25.8 Å². The monoisotopic (exact) mass is 197 g/mol. The summed E-state index contributed by atoms with van der Waals surface area (Å²) in [5.41, 5.74) is 0.541. The van der Waals surface area contributed by atoms with Gasteiger partial charge in [0.1, 0.15) is 0 Å². The van der Waals surface area contributed by atoms with Crippen LogP contribution in [0.2, 0.25) is 0 Å². The van der Waals surface area contributed by atoms with E-state index in [1.807, 2.05) is 0 Å². The second kappa shape index (κ2) is 4.65. The first-order valence-electron chi connectivity index (χ1n) is 6.22. The summed E-state index contributed by atoms with van der Waals surface area (Å²) >= 11 is 0. The molecule has 1 aliphatic rings. The molecule has 0 bridgehead atoms. The molecule has 0 heterocycles. The molecule has 0 amide bonds. The Morgan fingerprint density at radius 2 is 2.07 bits per heavy atom. The van der Waals surface area contributed by atoms with Gasteiger partial charge in [0.05, 0.1) is 0 Å². The standard InChI is InChI=1S/C13H27N/c1-6-9-14-11(3)12-10(2)7-8-13(12,4)5/h10-12,14H,6-9H2,1-5H3. The zero-order chi connectivity index (χ0) is 10.8. The van der Waals surface area contributed by atoms with Crippen molar-refractivity contribution in [3.05, 3.63) is 0 Å². The third kappa shape index (κ3) is 2.50. The molecule has 0 saturated heterocycles. The van der Waals surface area contributed by atoms with Crippen LogP contribution in [0.25, 0.3) is 0 Å². The predicted molar refractivity (Wildman–Crippen MR) is 63.4 cm³/mol. The second-order valence-electron chi connectivity index (χ2n) is 5.77. The lowest BCUT2D eigenvalue weighted by atomic mass is 9.75. The van der Waals surface area contributed by atoms with Gasteiger partial charge in [0.2, 0.25) is 0 Å². The summed E-state index contributed by atoms with van der Waals surface area (Å²) in [5.74, 6) is 1.75. The van der Waals surface area contributed by atoms with Crippen molar-refractivity contribution in [2.24, 2.45) is 17.3 Å². The Labute approximate surface area is 89.7 Å². The lowest BCUT2D eigenvalue weighted by Crippen LogP contribution is -2.41. The molecule has 1 fully saturated rings. The molecule has 84 valence electrons. The van der Waals surface area contributed by atoms with Gasteiger partial charge in [0.15, 0.2) is 0 Å². The summed E-state index contributed by atoms with van der Waals surface area (Å²) in [6, 6.07) is 0.683. The summed E-state index contributed by atoms with van der Waals surface area (Å²) in [5, 5.41) is 3.66. The molecule has 1 N–H and O–H groups in total. The Morgan fingerprint density at radius 3 is 2.50 bits per heavy atom. The fraction of sp³-hybridized carbons (Fsp3) is 1.00. The molecule has 14 heavy (non-hydrogen) atoms. The average Bonchev–Trinajstić information content (AvgIpc) is 2.37. The topological polar surface area (TPSA) is 12.0 Å². The Hall–Kier alpha value is -0.0400. The van der Waals surface area contributed by atoms with Gasteiger partial charge in [-0.15, -0.1) is 0 Å². The molecule has 1 saturated carbocycles. The van der Waals surface area contributed by atoms with Crippen LogP contribution < -0.4 is 5.32 Å². The van der Waals surface area contributed by atoms with Crippen molar-refractivity contribution in [2.45, 2.75) is 59.9 Å². The van der Waals surface area contributed by atoms with Crippen molar-refractivity contribution in [2.75, 3.05) is 6.54 Å². The first-order valence-corrected chi connectivity index (χ1v) is 6.22. The molecule has 0 aliphatic heterocycles. The minimum atomic E-state index is 0.541. The first kappa shape index (κ1) is 12.0. The van der Waals surface area contributed by atoms with E-state index in [4.69, 9.17) is 0 Å². The smallest absolute Gasteiger partial charge is 0.00746 e. The van der Waals surface area contributed by atoms with Crippen molar-refractivity contribution in [3.63, 3.8) is 0 Å². The van der Waals surface area contributed by atoms with E-state index in [-0.39, 0.29) is 0 Å². The molecule has 0 aromatic rings. The molecule has 1 rings (SSSR count). The molecule has 1 aliphatic carbocycles. The van der Waals surface area contributed by atoms with Crippen LogP contribution in [0, 0.1) is 17.3 Å². The van der Waals surface area contributed by atoms with Crippen molar-refractivity contribution in [1.82, 2.24) is 5.32 Å². The predicted octanol–water partition coefficient (Wildman–Crippen LogP) is 3.45. The molecular weight excluding hydrogens is 170 g/mol. The maximum absolute atomic E-state index is 3.66. The molecule has 0 spiro atoms. The molecule has 1 heteroatoms. The van der Waals surface area contributed by atoms with Gasteiger partial charge in [-0.05, 0) is 50.0 Å². The lowest BCUT2D eigenvalue weighted by Gasteiger charge is -2.35. The van der Waals surface area contributed by atoms with Gasteiger partial charge in [-0.25, -0.2) is 0 Å². The highest BCUT2D eigenvalue weighted by molar-refractivity contribution is 4.94. The van der Waals surface area contributed by atoms with E-state index >= 15 is 0 Å². The number of hydrogen-bond acceptors (Lipinski definition) is 1. The minimum absolute atomic E-state index is 0.541. The zero-order valence-electron chi connectivity index (χ0n) is 10.6. The third-order valence-electron chi connectivity index (χ3n) is 4.01. The summed E-state index contributed by atoms with van der Waals surface area (Å²) in [4.78, 5) is 0. The molecule has 3 atom stereocenters. The van der Waals surface area contributed by atoms with Gasteiger partial charge in [0.25, 0.3) is 0 Å². The van der Waals surface area contributed by atoms with Crippen molar-refractivity contribution < 1.29 is 0 Å². The van der Waals surface area contributed by atoms with E-state index in [0.29, 0.717) is 11.5 Å². The maximum atomic E-state index is 3.66. The van der Waals surface area contributed by atoms with Crippen LogP contribution in [0.4, 0.5) is 0 Å². The van der Waals surface area contributed by atoms with Crippen LogP contribution in [0.15, 0.2) is 0 Å². The largest absolute Gasteiger partial charge is 0.314 e. The van der Waals surface area contributed by atoms with Gasteiger partial charge in [-0.3, -0.25) is 0 Å². The summed E-state index contributed by atoms with van der Waals surface area (Å²) in [6.07, 6.45) is 4.05. The number of hydrogen-bond donors (Lipinski definition) is 1. The van der Waals surface area contributed by atoms with Gasteiger partial charge in [-0.1, -0.05) is 27.7 Å². The quantitative estimate of drug-likeness (QED) is 0.728. The van der Waals surface area contributed by atoms with E-state index in [1.54, 1.807) is 0 Å². The van der Waals surface area contributed by atoms with Gasteiger partial charge in [-0.2, -0.15) is 0 Å². The highest BCUT2D eigenvalue weighted by Gasteiger charge is 2.42. The Balaban J connectivity index is 2.55. The molecular formula is C13H27N. The molecule has 1 nitrogen and oxygen atoms in total. The molecule has 0 aromatic carbocycles. The van der Waals surface area contributed by atoms with Gasteiger partial charge in [0, 0.05) is 6.04 Å². The van der Waals surface area contributed by atoms with Crippen molar-refractivity contribution in [1.29, 1.82) is 0 Å². The van der Waals surface area contributed by atoms with E-state index in [2.05, 4.69) is 39.9 Å². The average molecular weight is 197 g/mol. The lowest BCUT2D eigenvalue weighted by molar-refractivity contribution is 0.173. The number of nitrogens with one attached hydrogen (secondary N) is 1.